The summed E-state index contributed by atoms with van der Waals surface area (Å²) in [6.45, 7) is 0.476. The van der Waals surface area contributed by atoms with E-state index < -0.39 is 12.1 Å². The topological polar surface area (TPSA) is 93.3 Å². The molecule has 0 aliphatic rings. The maximum atomic E-state index is 11.5. The molecule has 23 heavy (non-hydrogen) atoms. The maximum absolute atomic E-state index is 11.5. The van der Waals surface area contributed by atoms with E-state index in [1.165, 1.54) is 13.3 Å². The zero-order chi connectivity index (χ0) is 16.5. The van der Waals surface area contributed by atoms with Crippen molar-refractivity contribution >= 4 is 18.1 Å². The molecule has 0 aliphatic heterocycles. The number of benzene rings is 1. The number of alkyl carbamates (subject to hydrolysis) is 1. The average molecular weight is 315 g/mol. The Morgan fingerprint density at radius 2 is 2.09 bits per heavy atom. The number of amides is 1. The van der Waals surface area contributed by atoms with Gasteiger partial charge in [-0.05, 0) is 5.56 Å². The molecule has 0 atom stereocenters. The van der Waals surface area contributed by atoms with Crippen LogP contribution in [-0.2, 0) is 16.1 Å². The number of aromatic amines is 1. The molecule has 2 aromatic rings. The largest absolute Gasteiger partial charge is 0.464 e. The molecule has 120 valence electrons. The summed E-state index contributed by atoms with van der Waals surface area (Å²) in [4.78, 5) is 23.0. The van der Waals surface area contributed by atoms with Crippen LogP contribution in [0.3, 0.4) is 0 Å². The van der Waals surface area contributed by atoms with Crippen molar-refractivity contribution in [3.8, 4) is 0 Å². The Morgan fingerprint density at radius 3 is 2.83 bits per heavy atom. The monoisotopic (exact) mass is 315 g/mol. The summed E-state index contributed by atoms with van der Waals surface area (Å²) in [6.07, 6.45) is 4.32. The van der Waals surface area contributed by atoms with Gasteiger partial charge in [-0.2, -0.15) is 5.10 Å². The van der Waals surface area contributed by atoms with Crippen molar-refractivity contribution in [2.45, 2.75) is 6.61 Å². The number of esters is 1. The van der Waals surface area contributed by atoms with E-state index in [-0.39, 0.29) is 18.8 Å². The predicted octanol–water partition coefficient (Wildman–Crippen LogP) is 2.14. The van der Waals surface area contributed by atoms with Crippen LogP contribution < -0.4 is 5.32 Å². The smallest absolute Gasteiger partial charge is 0.407 e. The van der Waals surface area contributed by atoms with Gasteiger partial charge in [-0.15, -0.1) is 0 Å². The maximum Gasteiger partial charge on any atom is 0.407 e. The summed E-state index contributed by atoms with van der Waals surface area (Å²) >= 11 is 0. The van der Waals surface area contributed by atoms with Gasteiger partial charge in [0.15, 0.2) is 5.69 Å². The molecule has 7 heteroatoms. The van der Waals surface area contributed by atoms with E-state index in [9.17, 15) is 9.59 Å². The Bertz CT molecular complexity index is 680. The van der Waals surface area contributed by atoms with E-state index in [0.717, 1.165) is 5.56 Å². The highest BCUT2D eigenvalue weighted by Gasteiger charge is 2.11. The van der Waals surface area contributed by atoms with E-state index in [2.05, 4.69) is 20.3 Å². The number of methoxy groups -OCH3 is 1. The van der Waals surface area contributed by atoms with Gasteiger partial charge in [-0.3, -0.25) is 5.10 Å². The molecular weight excluding hydrogens is 298 g/mol. The molecule has 0 spiro atoms. The zero-order valence-corrected chi connectivity index (χ0v) is 12.6. The fourth-order valence-corrected chi connectivity index (χ4v) is 1.79. The molecule has 2 rings (SSSR count). The Balaban J connectivity index is 1.75. The molecule has 0 saturated heterocycles. The minimum Gasteiger partial charge on any atom is -0.464 e. The third-order valence-corrected chi connectivity index (χ3v) is 2.93. The molecule has 1 heterocycles. The van der Waals surface area contributed by atoms with Crippen LogP contribution in [0.25, 0.3) is 6.08 Å². The van der Waals surface area contributed by atoms with Gasteiger partial charge in [0.05, 0.1) is 13.3 Å². The predicted molar refractivity (Wildman–Crippen MR) is 83.6 cm³/mol. The van der Waals surface area contributed by atoms with Crippen molar-refractivity contribution in [3.63, 3.8) is 0 Å². The van der Waals surface area contributed by atoms with Crippen molar-refractivity contribution in [3.05, 3.63) is 59.4 Å². The van der Waals surface area contributed by atoms with Crippen LogP contribution >= 0.6 is 0 Å². The lowest BCUT2D eigenvalue weighted by atomic mass is 10.2. The number of hydrogen-bond donors (Lipinski definition) is 2. The third kappa shape index (κ3) is 4.99. The highest BCUT2D eigenvalue weighted by atomic mass is 16.5. The molecule has 7 nitrogen and oxygen atoms in total. The highest BCUT2D eigenvalue weighted by molar-refractivity contribution is 5.91. The van der Waals surface area contributed by atoms with Crippen LogP contribution in [-0.4, -0.2) is 35.9 Å². The van der Waals surface area contributed by atoms with E-state index in [4.69, 9.17) is 4.74 Å². The molecule has 2 N–H and O–H groups in total. The number of nitrogens with one attached hydrogen (secondary N) is 2. The number of aromatic nitrogens is 2. The van der Waals surface area contributed by atoms with Crippen molar-refractivity contribution < 1.29 is 19.1 Å². The van der Waals surface area contributed by atoms with E-state index >= 15 is 0 Å². The van der Waals surface area contributed by atoms with Crippen molar-refractivity contribution in [1.82, 2.24) is 15.5 Å². The first-order valence-corrected chi connectivity index (χ1v) is 6.93. The second-order valence-electron chi connectivity index (χ2n) is 4.54. The number of hydrogen-bond acceptors (Lipinski definition) is 5. The number of nitrogens with zero attached hydrogens (tertiary/aromatic N) is 1. The molecular formula is C16H17N3O4. The quantitative estimate of drug-likeness (QED) is 0.797. The number of ether oxygens (including phenoxy) is 2. The lowest BCUT2D eigenvalue weighted by Crippen LogP contribution is -2.24. The molecule has 0 saturated carbocycles. The first-order valence-electron chi connectivity index (χ1n) is 6.93. The van der Waals surface area contributed by atoms with Crippen LogP contribution in [0.15, 0.2) is 42.6 Å². The van der Waals surface area contributed by atoms with E-state index in [0.29, 0.717) is 5.56 Å². The van der Waals surface area contributed by atoms with Gasteiger partial charge >= 0.3 is 12.1 Å². The summed E-state index contributed by atoms with van der Waals surface area (Å²) in [7, 11) is 1.29. The summed E-state index contributed by atoms with van der Waals surface area (Å²) in [5, 5.41) is 8.92. The van der Waals surface area contributed by atoms with Gasteiger partial charge in [0.25, 0.3) is 0 Å². The van der Waals surface area contributed by atoms with Crippen LogP contribution in [0.5, 0.6) is 0 Å². The first-order chi connectivity index (χ1) is 11.2. The minimum atomic E-state index is -0.515. The second kappa shape index (κ2) is 8.38. The zero-order valence-electron chi connectivity index (χ0n) is 12.6. The van der Waals surface area contributed by atoms with Crippen molar-refractivity contribution in [1.29, 1.82) is 0 Å². The molecule has 0 unspecified atom stereocenters. The molecule has 0 bridgehead atoms. The summed E-state index contributed by atoms with van der Waals surface area (Å²) in [5.74, 6) is -0.502. The standard InChI is InChI=1S/C16H17N3O4/c1-22-15(20)14-13(10-18-19-14)8-5-9-17-16(21)23-11-12-6-3-2-4-7-12/h2-8,10H,9,11H2,1H3,(H,17,21)(H,18,19). The molecule has 0 aliphatic carbocycles. The Hall–Kier alpha value is -3.09. The van der Waals surface area contributed by atoms with Gasteiger partial charge in [-0.25, -0.2) is 9.59 Å². The van der Waals surface area contributed by atoms with Gasteiger partial charge in [0.1, 0.15) is 6.61 Å². The second-order valence-corrected chi connectivity index (χ2v) is 4.54. The highest BCUT2D eigenvalue weighted by Crippen LogP contribution is 2.07. The normalized spacial score (nSPS) is 10.5. The van der Waals surface area contributed by atoms with E-state index in [1.54, 1.807) is 12.2 Å². The SMILES string of the molecule is COC(=O)c1[nH]ncc1C=CCNC(=O)OCc1ccccc1. The Labute approximate surface area is 133 Å². The van der Waals surface area contributed by atoms with Crippen molar-refractivity contribution in [2.24, 2.45) is 0 Å². The van der Waals surface area contributed by atoms with Gasteiger partial charge in [-0.1, -0.05) is 42.5 Å². The lowest BCUT2D eigenvalue weighted by molar-refractivity contribution is 0.0593. The number of carbonyl (C=O) groups excluding carboxylic acids is 2. The number of rotatable bonds is 6. The minimum absolute atomic E-state index is 0.213. The first kappa shape index (κ1) is 16.3. The van der Waals surface area contributed by atoms with Crippen LogP contribution in [0.1, 0.15) is 21.6 Å². The molecule has 1 aromatic heterocycles. The summed E-state index contributed by atoms with van der Waals surface area (Å²) in [6, 6.07) is 9.40. The molecule has 0 radical (unpaired) electrons. The van der Waals surface area contributed by atoms with Gasteiger partial charge in [0.2, 0.25) is 0 Å². The number of carbonyl (C=O) groups is 2. The van der Waals surface area contributed by atoms with Crippen LogP contribution in [0.2, 0.25) is 0 Å². The molecule has 1 amide bonds. The van der Waals surface area contributed by atoms with Crippen molar-refractivity contribution in [2.75, 3.05) is 13.7 Å². The summed E-state index contributed by atoms with van der Waals surface area (Å²) < 4.78 is 9.69. The van der Waals surface area contributed by atoms with Crippen LogP contribution in [0, 0.1) is 0 Å². The fraction of sp³-hybridized carbons (Fsp3) is 0.188. The Kier molecular flexibility index (Phi) is 5.93. The summed E-state index contributed by atoms with van der Waals surface area (Å²) in [5.41, 5.74) is 1.76. The van der Waals surface area contributed by atoms with Gasteiger partial charge < -0.3 is 14.8 Å². The van der Waals surface area contributed by atoms with Gasteiger partial charge in [0, 0.05) is 12.1 Å². The lowest BCUT2D eigenvalue weighted by Gasteiger charge is -2.05. The Morgan fingerprint density at radius 1 is 1.30 bits per heavy atom. The number of H-pyrrole nitrogens is 1. The average Bonchev–Trinajstić information content (AvgIpc) is 3.05. The van der Waals surface area contributed by atoms with E-state index in [1.807, 2.05) is 30.3 Å². The molecule has 0 fully saturated rings. The molecule has 1 aromatic carbocycles. The van der Waals surface area contributed by atoms with Crippen LogP contribution in [0.4, 0.5) is 4.79 Å². The fourth-order valence-electron chi connectivity index (χ4n) is 1.79. The third-order valence-electron chi connectivity index (χ3n) is 2.93.